The Bertz CT molecular complexity index is 839. The van der Waals surface area contributed by atoms with E-state index in [2.05, 4.69) is 117 Å². The molecule has 0 bridgehead atoms. The molecule has 3 heteroatoms. The second-order valence-corrected chi connectivity index (χ2v) is 9.00. The normalized spacial score (nSPS) is 12.5. The summed E-state index contributed by atoms with van der Waals surface area (Å²) in [6, 6.07) is 27.9. The maximum Gasteiger partial charge on any atom is 0.126 e. The van der Waals surface area contributed by atoms with E-state index in [4.69, 9.17) is 12.6 Å². The average Bonchev–Trinajstić information content (AvgIpc) is 2.74. The number of anilines is 1. The maximum absolute atomic E-state index is 5.04. The van der Waals surface area contributed by atoms with Crippen LogP contribution in [0.1, 0.15) is 61.8 Å². The third kappa shape index (κ3) is 5.90. The smallest absolute Gasteiger partial charge is 0.126 e. The summed E-state index contributed by atoms with van der Waals surface area (Å²) in [7, 11) is 0. The summed E-state index contributed by atoms with van der Waals surface area (Å²) < 4.78 is 0. The Kier molecular flexibility index (Phi) is 8.01. The Morgan fingerprint density at radius 2 is 1.10 bits per heavy atom. The topological polar surface area (TPSA) is 15.3 Å². The van der Waals surface area contributed by atoms with Gasteiger partial charge in [-0.25, -0.2) is 0 Å². The molecule has 3 rings (SSSR count). The number of rotatable bonds is 9. The van der Waals surface area contributed by atoms with Crippen molar-refractivity contribution < 1.29 is 0 Å². The van der Waals surface area contributed by atoms with Crippen LogP contribution >= 0.6 is 12.6 Å². The molecule has 0 radical (unpaired) electrons. The van der Waals surface area contributed by atoms with Crippen molar-refractivity contribution in [1.82, 2.24) is 4.90 Å². The van der Waals surface area contributed by atoms with Gasteiger partial charge in [0.15, 0.2) is 0 Å². The molecule has 0 aliphatic heterocycles. The fraction of sp³-hybridized carbons (Fsp3) is 0.333. The first-order valence-corrected chi connectivity index (χ1v) is 11.4. The van der Waals surface area contributed by atoms with Crippen LogP contribution in [0, 0.1) is 0 Å². The predicted octanol–water partition coefficient (Wildman–Crippen LogP) is 7.26. The van der Waals surface area contributed by atoms with Crippen molar-refractivity contribution in [2.24, 2.45) is 0 Å². The third-order valence-electron chi connectivity index (χ3n) is 5.45. The molecular weight excluding hydrogens is 384 g/mol. The van der Waals surface area contributed by atoms with Gasteiger partial charge in [0.05, 0.1) is 0 Å². The van der Waals surface area contributed by atoms with Crippen molar-refractivity contribution in [3.8, 4) is 0 Å². The highest BCUT2D eigenvalue weighted by Gasteiger charge is 2.20. The SMILES string of the molecule is CC(C)c1cccc(C(C)C)c1NC(S)N(Cc1ccccc1)Cc1ccccc1. The number of nitrogens with zero attached hydrogens (tertiary/aromatic N) is 1. The van der Waals surface area contributed by atoms with E-state index in [1.807, 2.05) is 0 Å². The van der Waals surface area contributed by atoms with Gasteiger partial charge in [0.1, 0.15) is 5.50 Å². The molecule has 3 aromatic rings. The quantitative estimate of drug-likeness (QED) is 0.281. The molecule has 1 unspecified atom stereocenters. The average molecular weight is 419 g/mol. The Labute approximate surface area is 187 Å². The second kappa shape index (κ2) is 10.7. The van der Waals surface area contributed by atoms with Crippen LogP contribution in [-0.2, 0) is 13.1 Å². The van der Waals surface area contributed by atoms with Crippen LogP contribution in [0.2, 0.25) is 0 Å². The summed E-state index contributed by atoms with van der Waals surface area (Å²) in [5.41, 5.74) is 6.39. The van der Waals surface area contributed by atoms with Crippen LogP contribution in [0.3, 0.4) is 0 Å². The van der Waals surface area contributed by atoms with E-state index < -0.39 is 0 Å². The van der Waals surface area contributed by atoms with Gasteiger partial charge < -0.3 is 5.32 Å². The molecule has 1 atom stereocenters. The number of hydrogen-bond donors (Lipinski definition) is 2. The summed E-state index contributed by atoms with van der Waals surface area (Å²) in [4.78, 5) is 2.38. The van der Waals surface area contributed by atoms with Crippen LogP contribution in [0.15, 0.2) is 78.9 Å². The van der Waals surface area contributed by atoms with E-state index in [0.717, 1.165) is 13.1 Å². The fourth-order valence-electron chi connectivity index (χ4n) is 3.80. The molecule has 2 nitrogen and oxygen atoms in total. The van der Waals surface area contributed by atoms with E-state index in [0.29, 0.717) is 11.8 Å². The number of nitrogens with one attached hydrogen (secondary N) is 1. The molecule has 0 fully saturated rings. The summed E-state index contributed by atoms with van der Waals surface area (Å²) in [6.07, 6.45) is 0. The van der Waals surface area contributed by atoms with Gasteiger partial charge in [-0.2, -0.15) is 0 Å². The lowest BCUT2D eigenvalue weighted by molar-refractivity contribution is 0.255. The Morgan fingerprint density at radius 1 is 0.667 bits per heavy atom. The zero-order valence-electron chi connectivity index (χ0n) is 18.5. The number of para-hydroxylation sites is 1. The number of thiol groups is 1. The zero-order chi connectivity index (χ0) is 21.5. The van der Waals surface area contributed by atoms with Crippen molar-refractivity contribution in [3.05, 3.63) is 101 Å². The van der Waals surface area contributed by atoms with Gasteiger partial charge in [-0.05, 0) is 34.1 Å². The maximum atomic E-state index is 5.04. The van der Waals surface area contributed by atoms with E-state index in [1.54, 1.807) is 0 Å². The molecule has 0 amide bonds. The molecule has 0 aliphatic rings. The Hall–Kier alpha value is -2.23. The first kappa shape index (κ1) is 22.5. The lowest BCUT2D eigenvalue weighted by atomic mass is 9.93. The molecule has 0 saturated heterocycles. The van der Waals surface area contributed by atoms with E-state index in [1.165, 1.54) is 27.9 Å². The number of hydrogen-bond acceptors (Lipinski definition) is 3. The molecule has 0 saturated carbocycles. The molecule has 0 spiro atoms. The highest BCUT2D eigenvalue weighted by atomic mass is 32.1. The van der Waals surface area contributed by atoms with Crippen LogP contribution in [0.5, 0.6) is 0 Å². The van der Waals surface area contributed by atoms with Crippen molar-refractivity contribution in [2.45, 2.75) is 58.1 Å². The third-order valence-corrected chi connectivity index (χ3v) is 5.90. The highest BCUT2D eigenvalue weighted by Crippen LogP contribution is 2.33. The van der Waals surface area contributed by atoms with Gasteiger partial charge in [-0.1, -0.05) is 107 Å². The van der Waals surface area contributed by atoms with Crippen molar-refractivity contribution in [1.29, 1.82) is 0 Å². The molecule has 158 valence electrons. The van der Waals surface area contributed by atoms with E-state index >= 15 is 0 Å². The summed E-state index contributed by atoms with van der Waals surface area (Å²) >= 11 is 5.04. The van der Waals surface area contributed by atoms with Crippen LogP contribution in [0.25, 0.3) is 0 Å². The number of benzene rings is 3. The predicted molar refractivity (Wildman–Crippen MR) is 133 cm³/mol. The van der Waals surface area contributed by atoms with E-state index in [-0.39, 0.29) is 5.50 Å². The van der Waals surface area contributed by atoms with Gasteiger partial charge in [-0.15, -0.1) is 12.6 Å². The van der Waals surface area contributed by atoms with E-state index in [9.17, 15) is 0 Å². The molecule has 0 aliphatic carbocycles. The second-order valence-electron chi connectivity index (χ2n) is 8.52. The van der Waals surface area contributed by atoms with Crippen molar-refractivity contribution in [2.75, 3.05) is 5.32 Å². The van der Waals surface area contributed by atoms with Crippen LogP contribution < -0.4 is 5.32 Å². The molecule has 0 aromatic heterocycles. The minimum absolute atomic E-state index is 0.109. The van der Waals surface area contributed by atoms with Gasteiger partial charge in [0, 0.05) is 18.8 Å². The van der Waals surface area contributed by atoms with Gasteiger partial charge >= 0.3 is 0 Å². The summed E-state index contributed by atoms with van der Waals surface area (Å²) in [6.45, 7) is 10.7. The lowest BCUT2D eigenvalue weighted by Crippen LogP contribution is -2.36. The fourth-order valence-corrected chi connectivity index (χ4v) is 4.10. The standard InChI is InChI=1S/C27H34N2S/c1-20(2)24-16-11-17-25(21(3)4)26(24)28-27(30)29(18-22-12-7-5-8-13-22)19-23-14-9-6-10-15-23/h5-17,20-21,27-28,30H,18-19H2,1-4H3. The molecule has 3 aromatic carbocycles. The zero-order valence-corrected chi connectivity index (χ0v) is 19.4. The summed E-state index contributed by atoms with van der Waals surface area (Å²) in [5.74, 6) is 0.895. The largest absolute Gasteiger partial charge is 0.361 e. The van der Waals surface area contributed by atoms with Gasteiger partial charge in [0.2, 0.25) is 0 Å². The Balaban J connectivity index is 1.90. The van der Waals surface area contributed by atoms with Crippen molar-refractivity contribution >= 4 is 18.3 Å². The molecule has 1 N–H and O–H groups in total. The first-order chi connectivity index (χ1) is 14.5. The first-order valence-electron chi connectivity index (χ1n) is 10.8. The van der Waals surface area contributed by atoms with Gasteiger partial charge in [-0.3, -0.25) is 4.90 Å². The monoisotopic (exact) mass is 418 g/mol. The van der Waals surface area contributed by atoms with Crippen LogP contribution in [0.4, 0.5) is 5.69 Å². The Morgan fingerprint density at radius 3 is 1.50 bits per heavy atom. The summed E-state index contributed by atoms with van der Waals surface area (Å²) in [5, 5.41) is 3.77. The molecule has 30 heavy (non-hydrogen) atoms. The molecular formula is C27H34N2S. The minimum atomic E-state index is -0.109. The van der Waals surface area contributed by atoms with Gasteiger partial charge in [0.25, 0.3) is 0 Å². The van der Waals surface area contributed by atoms with Crippen molar-refractivity contribution in [3.63, 3.8) is 0 Å². The van der Waals surface area contributed by atoms with Crippen LogP contribution in [-0.4, -0.2) is 10.4 Å². The highest BCUT2D eigenvalue weighted by molar-refractivity contribution is 7.81. The molecule has 0 heterocycles. The lowest BCUT2D eigenvalue weighted by Gasteiger charge is -2.32. The minimum Gasteiger partial charge on any atom is -0.361 e.